The molecule has 188 valence electrons. The smallest absolute Gasteiger partial charge is 0.344 e. The number of ether oxygens (including phenoxy) is 3. The summed E-state index contributed by atoms with van der Waals surface area (Å²) < 4.78 is 15.6. The minimum Gasteiger partial charge on any atom is -0.497 e. The van der Waals surface area contributed by atoms with E-state index in [0.29, 0.717) is 11.5 Å². The van der Waals surface area contributed by atoms with Crippen LogP contribution in [-0.4, -0.2) is 71.5 Å². The van der Waals surface area contributed by atoms with Crippen molar-refractivity contribution in [1.82, 2.24) is 10.2 Å². The average molecular weight is 513 g/mol. The van der Waals surface area contributed by atoms with E-state index in [1.165, 1.54) is 23.8 Å². The Labute approximate surface area is 211 Å². The topological polar surface area (TPSA) is 131 Å². The summed E-state index contributed by atoms with van der Waals surface area (Å²) in [6.07, 6.45) is 0.111. The fourth-order valence-corrected chi connectivity index (χ4v) is 5.06. The Morgan fingerprint density at radius 3 is 2.42 bits per heavy atom. The molecule has 2 heterocycles. The van der Waals surface area contributed by atoms with Gasteiger partial charge in [0.1, 0.15) is 29.5 Å². The van der Waals surface area contributed by atoms with Gasteiger partial charge in [0.25, 0.3) is 0 Å². The Balaban J connectivity index is 1.31. The van der Waals surface area contributed by atoms with Crippen LogP contribution >= 0.6 is 11.8 Å². The predicted molar refractivity (Wildman–Crippen MR) is 129 cm³/mol. The summed E-state index contributed by atoms with van der Waals surface area (Å²) in [5.41, 5.74) is 1.06. The highest BCUT2D eigenvalue weighted by molar-refractivity contribution is 8.02. The monoisotopic (exact) mass is 512 g/mol. The number of fused-ring (bicyclic) bond motifs is 1. The SMILES string of the molecule is COc1ccc(OCC(=O)OCC2=CS[C@H]3C(NC(=O)Cc4ccccc4)C(=O)N3C2C(=O)O)cc1. The van der Waals surface area contributed by atoms with E-state index < -0.39 is 35.3 Å². The number of hydrogen-bond donors (Lipinski definition) is 2. The lowest BCUT2D eigenvalue weighted by atomic mass is 9.98. The molecule has 2 amide bonds. The minimum absolute atomic E-state index is 0.111. The van der Waals surface area contributed by atoms with Crippen molar-refractivity contribution in [2.24, 2.45) is 0 Å². The molecule has 36 heavy (non-hydrogen) atoms. The van der Waals surface area contributed by atoms with E-state index in [1.807, 2.05) is 30.3 Å². The van der Waals surface area contributed by atoms with Gasteiger partial charge in [-0.15, -0.1) is 11.8 Å². The van der Waals surface area contributed by atoms with Crippen molar-refractivity contribution in [1.29, 1.82) is 0 Å². The molecule has 1 saturated heterocycles. The average Bonchev–Trinajstić information content (AvgIpc) is 2.89. The van der Waals surface area contributed by atoms with E-state index in [0.717, 1.165) is 5.56 Å². The number of nitrogens with one attached hydrogen (secondary N) is 1. The molecule has 2 aromatic rings. The lowest BCUT2D eigenvalue weighted by molar-refractivity contribution is -0.161. The van der Waals surface area contributed by atoms with Crippen LogP contribution < -0.4 is 14.8 Å². The lowest BCUT2D eigenvalue weighted by Crippen LogP contribution is -2.74. The van der Waals surface area contributed by atoms with Crippen LogP contribution in [0.4, 0.5) is 0 Å². The molecule has 2 aliphatic heterocycles. The number of carbonyl (C=O) groups is 4. The first-order valence-electron chi connectivity index (χ1n) is 11.0. The predicted octanol–water partition coefficient (Wildman–Crippen LogP) is 1.60. The maximum atomic E-state index is 12.8. The van der Waals surface area contributed by atoms with E-state index in [2.05, 4.69) is 5.32 Å². The third kappa shape index (κ3) is 5.62. The van der Waals surface area contributed by atoms with Crippen LogP contribution in [0.1, 0.15) is 5.56 Å². The molecule has 2 aromatic carbocycles. The highest BCUT2D eigenvalue weighted by Gasteiger charge is 2.55. The van der Waals surface area contributed by atoms with E-state index in [4.69, 9.17) is 14.2 Å². The Morgan fingerprint density at radius 2 is 1.75 bits per heavy atom. The quantitative estimate of drug-likeness (QED) is 0.360. The molecule has 2 unspecified atom stereocenters. The molecule has 0 bridgehead atoms. The van der Waals surface area contributed by atoms with Gasteiger partial charge in [0.2, 0.25) is 11.8 Å². The van der Waals surface area contributed by atoms with Gasteiger partial charge in [-0.3, -0.25) is 9.59 Å². The number of nitrogens with zero attached hydrogens (tertiary/aromatic N) is 1. The van der Waals surface area contributed by atoms with E-state index in [1.54, 1.807) is 29.7 Å². The summed E-state index contributed by atoms with van der Waals surface area (Å²) in [4.78, 5) is 50.4. The van der Waals surface area contributed by atoms with Crippen molar-refractivity contribution >= 4 is 35.5 Å². The number of carboxylic acid groups (broad SMARTS) is 1. The number of carbonyl (C=O) groups excluding carboxylic acids is 3. The second-order valence-electron chi connectivity index (χ2n) is 8.04. The molecule has 10 nitrogen and oxygen atoms in total. The number of hydrogen-bond acceptors (Lipinski definition) is 8. The van der Waals surface area contributed by atoms with Crippen LogP contribution in [0.2, 0.25) is 0 Å². The van der Waals surface area contributed by atoms with E-state index in [9.17, 15) is 24.3 Å². The molecule has 0 aromatic heterocycles. The zero-order valence-electron chi connectivity index (χ0n) is 19.3. The summed E-state index contributed by atoms with van der Waals surface area (Å²) in [5, 5.41) is 13.5. The van der Waals surface area contributed by atoms with Crippen molar-refractivity contribution in [3.63, 3.8) is 0 Å². The third-order valence-corrected chi connectivity index (χ3v) is 6.86. The maximum absolute atomic E-state index is 12.8. The number of aliphatic carboxylic acids is 1. The molecule has 0 spiro atoms. The van der Waals surface area contributed by atoms with Crippen LogP contribution in [-0.2, 0) is 30.3 Å². The van der Waals surface area contributed by atoms with Gasteiger partial charge in [-0.05, 0) is 35.2 Å². The zero-order valence-corrected chi connectivity index (χ0v) is 20.1. The van der Waals surface area contributed by atoms with Crippen molar-refractivity contribution in [3.05, 3.63) is 71.1 Å². The van der Waals surface area contributed by atoms with Gasteiger partial charge in [-0.1, -0.05) is 30.3 Å². The van der Waals surface area contributed by atoms with Crippen molar-refractivity contribution in [2.75, 3.05) is 20.3 Å². The molecule has 1 fully saturated rings. The maximum Gasteiger partial charge on any atom is 0.344 e. The van der Waals surface area contributed by atoms with E-state index >= 15 is 0 Å². The first kappa shape index (κ1) is 25.1. The second-order valence-corrected chi connectivity index (χ2v) is 9.03. The Kier molecular flexibility index (Phi) is 7.79. The molecule has 2 N–H and O–H groups in total. The van der Waals surface area contributed by atoms with Crippen molar-refractivity contribution in [3.8, 4) is 11.5 Å². The highest BCUT2D eigenvalue weighted by atomic mass is 32.2. The molecule has 11 heteroatoms. The summed E-state index contributed by atoms with van der Waals surface area (Å²) in [5.74, 6) is -1.68. The Morgan fingerprint density at radius 1 is 1.06 bits per heavy atom. The van der Waals surface area contributed by atoms with Gasteiger partial charge in [0.15, 0.2) is 12.6 Å². The lowest BCUT2D eigenvalue weighted by Gasteiger charge is -2.51. The number of rotatable bonds is 10. The summed E-state index contributed by atoms with van der Waals surface area (Å²) in [6.45, 7) is -0.679. The molecule has 3 atom stereocenters. The molecule has 2 aliphatic rings. The number of benzene rings is 2. The van der Waals surface area contributed by atoms with Gasteiger partial charge in [0.05, 0.1) is 13.5 Å². The van der Waals surface area contributed by atoms with Gasteiger partial charge < -0.3 is 29.5 Å². The van der Waals surface area contributed by atoms with Crippen molar-refractivity contribution in [2.45, 2.75) is 23.9 Å². The van der Waals surface area contributed by atoms with Crippen LogP contribution in [0.25, 0.3) is 0 Å². The molecule has 0 saturated carbocycles. The Bertz CT molecular complexity index is 1170. The zero-order chi connectivity index (χ0) is 25.7. The normalized spacial score (nSPS) is 20.4. The van der Waals surface area contributed by atoms with Crippen LogP contribution in [0.5, 0.6) is 11.5 Å². The van der Waals surface area contributed by atoms with E-state index in [-0.39, 0.29) is 31.1 Å². The van der Waals surface area contributed by atoms with Crippen LogP contribution in [0, 0.1) is 0 Å². The summed E-state index contributed by atoms with van der Waals surface area (Å²) >= 11 is 1.20. The largest absolute Gasteiger partial charge is 0.497 e. The number of β-lactam (4-membered cyclic amide) rings is 1. The summed E-state index contributed by atoms with van der Waals surface area (Å²) in [6, 6.07) is 13.6. The minimum atomic E-state index is -1.29. The Hall–Kier alpha value is -3.99. The number of esters is 1. The highest BCUT2D eigenvalue weighted by Crippen LogP contribution is 2.40. The number of amides is 2. The van der Waals surface area contributed by atoms with Gasteiger partial charge >= 0.3 is 11.9 Å². The van der Waals surface area contributed by atoms with Crippen LogP contribution in [0.15, 0.2) is 65.6 Å². The van der Waals surface area contributed by atoms with Gasteiger partial charge in [-0.25, -0.2) is 9.59 Å². The molecular formula is C25H24N2O8S. The van der Waals surface area contributed by atoms with Gasteiger partial charge in [0, 0.05) is 5.57 Å². The number of thioether (sulfide) groups is 1. The summed E-state index contributed by atoms with van der Waals surface area (Å²) in [7, 11) is 1.54. The first-order chi connectivity index (χ1) is 17.4. The first-order valence-corrected chi connectivity index (χ1v) is 12.0. The fraction of sp³-hybridized carbons (Fsp3) is 0.280. The molecule has 4 rings (SSSR count). The van der Waals surface area contributed by atoms with Crippen molar-refractivity contribution < 1.29 is 38.5 Å². The second kappa shape index (κ2) is 11.2. The van der Waals surface area contributed by atoms with Crippen LogP contribution in [0.3, 0.4) is 0 Å². The number of methoxy groups -OCH3 is 1. The fourth-order valence-electron chi connectivity index (χ4n) is 3.85. The third-order valence-electron chi connectivity index (χ3n) is 5.64. The van der Waals surface area contributed by atoms with Gasteiger partial charge in [-0.2, -0.15) is 0 Å². The number of carboxylic acids is 1. The molecule has 0 aliphatic carbocycles. The molecular weight excluding hydrogens is 488 g/mol. The molecule has 0 radical (unpaired) electrons. The standard InChI is InChI=1S/C25H24N2O8S/c1-33-17-7-9-18(10-8-17)34-13-20(29)35-12-16-14-36-24-21(23(30)27(24)22(16)25(31)32)26-19(28)11-15-5-3-2-4-6-15/h2-10,14,21-22,24H,11-13H2,1H3,(H,26,28)(H,31,32)/t21?,22?,24-/m0/s1.